The molecular weight excluding hydrogens is 388 g/mol. The maximum absolute atomic E-state index is 12.3. The molecule has 0 aliphatic carbocycles. The third-order valence-electron chi connectivity index (χ3n) is 4.02. The lowest BCUT2D eigenvalue weighted by atomic mass is 10.1. The van der Waals surface area contributed by atoms with Gasteiger partial charge >= 0.3 is 11.9 Å². The van der Waals surface area contributed by atoms with Gasteiger partial charge < -0.3 is 14.5 Å². The van der Waals surface area contributed by atoms with Crippen LogP contribution in [0, 0.1) is 0 Å². The van der Waals surface area contributed by atoms with Crippen LogP contribution in [0.5, 0.6) is 0 Å². The van der Waals surface area contributed by atoms with E-state index in [1.54, 1.807) is 13.8 Å². The SMILES string of the molecule is CCOC(=O)C(Sc1nc(-c2ccccc2)c(-c2ccccc2)[nH]1)C(=O)OCC. The summed E-state index contributed by atoms with van der Waals surface area (Å²) < 4.78 is 10.1. The van der Waals surface area contributed by atoms with Crippen molar-refractivity contribution in [3.8, 4) is 22.5 Å². The predicted octanol–water partition coefficient (Wildman–Crippen LogP) is 4.33. The number of carbonyl (C=O) groups is 2. The van der Waals surface area contributed by atoms with Crippen molar-refractivity contribution in [3.63, 3.8) is 0 Å². The average Bonchev–Trinajstić information content (AvgIpc) is 3.17. The van der Waals surface area contributed by atoms with E-state index in [1.165, 1.54) is 0 Å². The Balaban J connectivity index is 1.99. The summed E-state index contributed by atoms with van der Waals surface area (Å²) >= 11 is 0.993. The van der Waals surface area contributed by atoms with Gasteiger partial charge in [0.1, 0.15) is 0 Å². The highest BCUT2D eigenvalue weighted by Gasteiger charge is 2.32. The summed E-state index contributed by atoms with van der Waals surface area (Å²) in [6, 6.07) is 19.5. The van der Waals surface area contributed by atoms with E-state index >= 15 is 0 Å². The highest BCUT2D eigenvalue weighted by molar-refractivity contribution is 8.01. The predicted molar refractivity (Wildman–Crippen MR) is 112 cm³/mol. The number of H-pyrrole nitrogens is 1. The van der Waals surface area contributed by atoms with E-state index in [-0.39, 0.29) is 13.2 Å². The van der Waals surface area contributed by atoms with Crippen LogP contribution in [0.15, 0.2) is 65.8 Å². The molecule has 150 valence electrons. The molecule has 1 heterocycles. The van der Waals surface area contributed by atoms with Crippen LogP contribution < -0.4 is 0 Å². The van der Waals surface area contributed by atoms with Gasteiger partial charge in [-0.15, -0.1) is 0 Å². The number of esters is 2. The van der Waals surface area contributed by atoms with Gasteiger partial charge in [0, 0.05) is 11.1 Å². The summed E-state index contributed by atoms with van der Waals surface area (Å²) in [5, 5.41) is -0.706. The van der Waals surface area contributed by atoms with Gasteiger partial charge in [-0.1, -0.05) is 72.4 Å². The van der Waals surface area contributed by atoms with Crippen LogP contribution >= 0.6 is 11.8 Å². The highest BCUT2D eigenvalue weighted by atomic mass is 32.2. The number of aromatic nitrogens is 2. The second-order valence-corrected chi connectivity index (χ2v) is 7.09. The summed E-state index contributed by atoms with van der Waals surface area (Å²) in [7, 11) is 0. The lowest BCUT2D eigenvalue weighted by Crippen LogP contribution is -2.31. The van der Waals surface area contributed by atoms with Crippen molar-refractivity contribution in [2.75, 3.05) is 13.2 Å². The molecule has 29 heavy (non-hydrogen) atoms. The Kier molecular flexibility index (Phi) is 7.08. The molecule has 1 N–H and O–H groups in total. The topological polar surface area (TPSA) is 81.3 Å². The molecule has 0 saturated heterocycles. The minimum Gasteiger partial charge on any atom is -0.465 e. The van der Waals surface area contributed by atoms with E-state index in [9.17, 15) is 9.59 Å². The largest absolute Gasteiger partial charge is 0.465 e. The molecule has 0 amide bonds. The first kappa shape index (κ1) is 20.7. The lowest BCUT2D eigenvalue weighted by molar-refractivity contribution is -0.152. The van der Waals surface area contributed by atoms with Gasteiger partial charge in [-0.25, -0.2) is 4.98 Å². The molecule has 0 saturated carbocycles. The molecule has 0 bridgehead atoms. The van der Waals surface area contributed by atoms with E-state index in [0.29, 0.717) is 5.16 Å². The molecule has 0 radical (unpaired) electrons. The Labute approximate surface area is 173 Å². The van der Waals surface area contributed by atoms with Gasteiger partial charge in [-0.05, 0) is 13.8 Å². The van der Waals surface area contributed by atoms with Gasteiger partial charge in [0.05, 0.1) is 24.6 Å². The molecule has 7 heteroatoms. The molecule has 0 atom stereocenters. The normalized spacial score (nSPS) is 10.7. The van der Waals surface area contributed by atoms with Crippen molar-refractivity contribution in [2.45, 2.75) is 24.3 Å². The molecule has 3 rings (SSSR count). The molecule has 0 aliphatic heterocycles. The first-order valence-corrected chi connectivity index (χ1v) is 10.2. The minimum atomic E-state index is -1.15. The Morgan fingerprint density at radius 2 is 1.41 bits per heavy atom. The van der Waals surface area contributed by atoms with Crippen molar-refractivity contribution in [2.24, 2.45) is 0 Å². The van der Waals surface area contributed by atoms with Gasteiger partial charge in [0.25, 0.3) is 0 Å². The standard InChI is InChI=1S/C22H22N2O4S/c1-3-27-20(25)19(21(26)28-4-2)29-22-23-17(15-11-7-5-8-12-15)18(24-22)16-13-9-6-10-14-16/h5-14,19H,3-4H2,1-2H3,(H,23,24). The van der Waals surface area contributed by atoms with Crippen LogP contribution in [-0.2, 0) is 19.1 Å². The van der Waals surface area contributed by atoms with E-state index in [2.05, 4.69) is 9.97 Å². The second kappa shape index (κ2) is 9.93. The number of imidazole rings is 1. The first-order valence-electron chi connectivity index (χ1n) is 9.34. The Morgan fingerprint density at radius 3 is 1.93 bits per heavy atom. The zero-order valence-electron chi connectivity index (χ0n) is 16.3. The van der Waals surface area contributed by atoms with Crippen molar-refractivity contribution in [1.29, 1.82) is 0 Å². The zero-order valence-corrected chi connectivity index (χ0v) is 17.1. The second-order valence-electron chi connectivity index (χ2n) is 6.00. The van der Waals surface area contributed by atoms with Crippen LogP contribution in [0.2, 0.25) is 0 Å². The quantitative estimate of drug-likeness (QED) is 0.338. The number of hydrogen-bond acceptors (Lipinski definition) is 6. The third-order valence-corrected chi connectivity index (χ3v) is 5.06. The number of aromatic amines is 1. The van der Waals surface area contributed by atoms with Gasteiger partial charge in [-0.3, -0.25) is 9.59 Å². The number of benzene rings is 2. The lowest BCUT2D eigenvalue weighted by Gasteiger charge is -2.12. The van der Waals surface area contributed by atoms with Crippen LogP contribution in [-0.4, -0.2) is 40.4 Å². The molecular formula is C22H22N2O4S. The third kappa shape index (κ3) is 5.06. The molecule has 3 aromatic rings. The number of thioether (sulfide) groups is 1. The summed E-state index contributed by atoms with van der Waals surface area (Å²) in [6.07, 6.45) is 0. The first-order chi connectivity index (χ1) is 14.1. The van der Waals surface area contributed by atoms with Crippen molar-refractivity contribution in [3.05, 3.63) is 60.7 Å². The van der Waals surface area contributed by atoms with Crippen molar-refractivity contribution >= 4 is 23.7 Å². The van der Waals surface area contributed by atoms with Crippen LogP contribution in [0.4, 0.5) is 0 Å². The fourth-order valence-corrected chi connectivity index (χ4v) is 3.62. The molecule has 0 spiro atoms. The van der Waals surface area contributed by atoms with E-state index < -0.39 is 17.2 Å². The number of nitrogens with one attached hydrogen (secondary N) is 1. The van der Waals surface area contributed by atoms with Gasteiger partial charge in [-0.2, -0.15) is 0 Å². The highest BCUT2D eigenvalue weighted by Crippen LogP contribution is 2.34. The average molecular weight is 410 g/mol. The number of hydrogen-bond donors (Lipinski definition) is 1. The van der Waals surface area contributed by atoms with Gasteiger partial charge in [0.2, 0.25) is 5.25 Å². The van der Waals surface area contributed by atoms with Crippen LogP contribution in [0.1, 0.15) is 13.8 Å². The summed E-state index contributed by atoms with van der Waals surface area (Å²) in [4.78, 5) is 32.6. The molecule has 1 aromatic heterocycles. The Hall–Kier alpha value is -3.06. The molecule has 0 aliphatic rings. The molecule has 0 fully saturated rings. The summed E-state index contributed by atoms with van der Waals surface area (Å²) in [5.74, 6) is -1.29. The summed E-state index contributed by atoms with van der Waals surface area (Å²) in [5.41, 5.74) is 3.43. The molecule has 0 unspecified atom stereocenters. The van der Waals surface area contributed by atoms with Crippen molar-refractivity contribution in [1.82, 2.24) is 9.97 Å². The summed E-state index contributed by atoms with van der Waals surface area (Å²) in [6.45, 7) is 3.74. The van der Waals surface area contributed by atoms with Gasteiger partial charge in [0.15, 0.2) is 5.16 Å². The Morgan fingerprint density at radius 1 is 0.897 bits per heavy atom. The number of carbonyl (C=O) groups excluding carboxylic acids is 2. The zero-order chi connectivity index (χ0) is 20.6. The molecule has 6 nitrogen and oxygen atoms in total. The minimum absolute atomic E-state index is 0.179. The van der Waals surface area contributed by atoms with Crippen LogP contribution in [0.3, 0.4) is 0 Å². The van der Waals surface area contributed by atoms with E-state index in [4.69, 9.17) is 9.47 Å². The van der Waals surface area contributed by atoms with Crippen LogP contribution in [0.25, 0.3) is 22.5 Å². The number of rotatable bonds is 8. The molecule has 2 aromatic carbocycles. The van der Waals surface area contributed by atoms with Crippen molar-refractivity contribution < 1.29 is 19.1 Å². The maximum Gasteiger partial charge on any atom is 0.331 e. The monoisotopic (exact) mass is 410 g/mol. The van der Waals surface area contributed by atoms with E-state index in [1.807, 2.05) is 60.7 Å². The Bertz CT molecular complexity index is 882. The maximum atomic E-state index is 12.3. The number of ether oxygens (including phenoxy) is 2. The van der Waals surface area contributed by atoms with E-state index in [0.717, 1.165) is 34.3 Å². The smallest absolute Gasteiger partial charge is 0.331 e. The number of nitrogens with zero attached hydrogens (tertiary/aromatic N) is 1. The fraction of sp³-hybridized carbons (Fsp3) is 0.227. The fourth-order valence-electron chi connectivity index (χ4n) is 2.77.